The first-order valence-corrected chi connectivity index (χ1v) is 9.90. The van der Waals surface area contributed by atoms with Crippen LogP contribution in [0.4, 0.5) is 0 Å². The maximum Gasteiger partial charge on any atom is 0.191 e. The van der Waals surface area contributed by atoms with E-state index in [2.05, 4.69) is 46.5 Å². The second-order valence-corrected chi connectivity index (χ2v) is 8.27. The molecular weight excluding hydrogens is 332 g/mol. The van der Waals surface area contributed by atoms with Gasteiger partial charge in [-0.3, -0.25) is 4.99 Å². The first-order chi connectivity index (χ1) is 12.0. The number of halogens is 1. The second-order valence-electron chi connectivity index (χ2n) is 7.83. The Morgan fingerprint density at radius 2 is 2.04 bits per heavy atom. The molecule has 1 aromatic carbocycles. The van der Waals surface area contributed by atoms with E-state index in [1.165, 1.54) is 38.0 Å². The minimum Gasteiger partial charge on any atom is -0.354 e. The van der Waals surface area contributed by atoms with E-state index < -0.39 is 0 Å². The number of rotatable bonds is 5. The van der Waals surface area contributed by atoms with Gasteiger partial charge < -0.3 is 15.5 Å². The van der Waals surface area contributed by atoms with Crippen LogP contribution in [0.3, 0.4) is 0 Å². The molecule has 3 rings (SSSR count). The highest BCUT2D eigenvalue weighted by molar-refractivity contribution is 6.30. The average molecular weight is 363 g/mol. The van der Waals surface area contributed by atoms with Crippen molar-refractivity contribution in [2.24, 2.45) is 10.9 Å². The van der Waals surface area contributed by atoms with Crippen LogP contribution in [0.1, 0.15) is 44.6 Å². The maximum atomic E-state index is 6.11. The minimum absolute atomic E-state index is 0.464. The van der Waals surface area contributed by atoms with Gasteiger partial charge in [0.05, 0.1) is 0 Å². The van der Waals surface area contributed by atoms with Crippen molar-refractivity contribution in [3.63, 3.8) is 0 Å². The van der Waals surface area contributed by atoms with E-state index in [-0.39, 0.29) is 0 Å². The summed E-state index contributed by atoms with van der Waals surface area (Å²) >= 11 is 6.11. The van der Waals surface area contributed by atoms with E-state index in [0.717, 1.165) is 23.3 Å². The van der Waals surface area contributed by atoms with Crippen molar-refractivity contribution in [1.29, 1.82) is 0 Å². The second kappa shape index (κ2) is 8.41. The van der Waals surface area contributed by atoms with Crippen LogP contribution in [-0.2, 0) is 0 Å². The molecule has 138 valence electrons. The zero-order valence-electron chi connectivity index (χ0n) is 15.6. The molecule has 1 aromatic rings. The molecule has 2 fully saturated rings. The van der Waals surface area contributed by atoms with Gasteiger partial charge in [0.25, 0.3) is 0 Å². The van der Waals surface area contributed by atoms with Crippen LogP contribution in [0.25, 0.3) is 0 Å². The Labute approximate surface area is 157 Å². The molecule has 1 aliphatic carbocycles. The number of benzene rings is 1. The largest absolute Gasteiger partial charge is 0.354 e. The fourth-order valence-electron chi connectivity index (χ4n) is 3.78. The molecule has 25 heavy (non-hydrogen) atoms. The standard InChI is InChI=1S/C20H31ClN4/c1-14(2)13-25-9-7-17(8-10-25)23-20(22-3)24-19-12-18(19)15-5-4-6-16(21)11-15/h4-6,11,14,17-19H,7-10,12-13H2,1-3H3,(H2,22,23,24). The first kappa shape index (κ1) is 18.5. The van der Waals surface area contributed by atoms with Crippen molar-refractivity contribution >= 4 is 17.6 Å². The molecule has 0 spiro atoms. The van der Waals surface area contributed by atoms with Gasteiger partial charge in [0, 0.05) is 49.7 Å². The predicted octanol–water partition coefficient (Wildman–Crippen LogP) is 3.48. The van der Waals surface area contributed by atoms with Crippen LogP contribution in [-0.4, -0.2) is 49.6 Å². The van der Waals surface area contributed by atoms with Crippen molar-refractivity contribution in [3.8, 4) is 0 Å². The van der Waals surface area contributed by atoms with Gasteiger partial charge in [0.15, 0.2) is 5.96 Å². The summed E-state index contributed by atoms with van der Waals surface area (Å²) in [6.45, 7) is 8.16. The third-order valence-electron chi connectivity index (χ3n) is 5.16. The van der Waals surface area contributed by atoms with E-state index in [9.17, 15) is 0 Å². The smallest absolute Gasteiger partial charge is 0.191 e. The summed E-state index contributed by atoms with van der Waals surface area (Å²) < 4.78 is 0. The predicted molar refractivity (Wildman–Crippen MR) is 107 cm³/mol. The fraction of sp³-hybridized carbons (Fsp3) is 0.650. The molecule has 2 unspecified atom stereocenters. The molecule has 1 saturated carbocycles. The SMILES string of the molecule is CN=C(NC1CCN(CC(C)C)CC1)NC1CC1c1cccc(Cl)c1. The van der Waals surface area contributed by atoms with Crippen molar-refractivity contribution in [1.82, 2.24) is 15.5 Å². The van der Waals surface area contributed by atoms with Gasteiger partial charge in [-0.2, -0.15) is 0 Å². The lowest BCUT2D eigenvalue weighted by Gasteiger charge is -2.34. The number of aliphatic imine (C=N–C) groups is 1. The van der Waals surface area contributed by atoms with Gasteiger partial charge >= 0.3 is 0 Å². The summed E-state index contributed by atoms with van der Waals surface area (Å²) in [5.41, 5.74) is 1.32. The van der Waals surface area contributed by atoms with Crippen molar-refractivity contribution in [2.45, 2.75) is 51.1 Å². The number of likely N-dealkylation sites (tertiary alicyclic amines) is 1. The average Bonchev–Trinajstić information content (AvgIpc) is 3.35. The van der Waals surface area contributed by atoms with Crippen molar-refractivity contribution < 1.29 is 0 Å². The molecule has 0 aromatic heterocycles. The number of guanidine groups is 1. The quantitative estimate of drug-likeness (QED) is 0.622. The molecule has 1 aliphatic heterocycles. The number of piperidine rings is 1. The first-order valence-electron chi connectivity index (χ1n) is 9.53. The summed E-state index contributed by atoms with van der Waals surface area (Å²) in [5.74, 6) is 2.24. The third-order valence-corrected chi connectivity index (χ3v) is 5.40. The van der Waals surface area contributed by atoms with E-state index in [0.29, 0.717) is 18.0 Å². The number of nitrogens with zero attached hydrogens (tertiary/aromatic N) is 2. The van der Waals surface area contributed by atoms with Gasteiger partial charge in [-0.25, -0.2) is 0 Å². The van der Waals surface area contributed by atoms with Crippen molar-refractivity contribution in [3.05, 3.63) is 34.9 Å². The number of hydrogen-bond acceptors (Lipinski definition) is 2. The van der Waals surface area contributed by atoms with Gasteiger partial charge in [-0.05, 0) is 42.9 Å². The third kappa shape index (κ3) is 5.35. The summed E-state index contributed by atoms with van der Waals surface area (Å²) in [6.07, 6.45) is 3.53. The molecule has 2 atom stereocenters. The van der Waals surface area contributed by atoms with Crippen LogP contribution in [0, 0.1) is 5.92 Å². The topological polar surface area (TPSA) is 39.7 Å². The lowest BCUT2D eigenvalue weighted by atomic mass is 10.0. The zero-order valence-corrected chi connectivity index (χ0v) is 16.4. The lowest BCUT2D eigenvalue weighted by Crippen LogP contribution is -2.49. The Bertz CT molecular complexity index is 593. The van der Waals surface area contributed by atoms with E-state index in [1.54, 1.807) is 0 Å². The summed E-state index contributed by atoms with van der Waals surface area (Å²) in [7, 11) is 1.86. The Balaban J connectivity index is 1.44. The minimum atomic E-state index is 0.464. The fourth-order valence-corrected chi connectivity index (χ4v) is 3.97. The highest BCUT2D eigenvalue weighted by Crippen LogP contribution is 2.41. The molecule has 0 bridgehead atoms. The highest BCUT2D eigenvalue weighted by Gasteiger charge is 2.39. The summed E-state index contributed by atoms with van der Waals surface area (Å²) in [4.78, 5) is 7.01. The van der Waals surface area contributed by atoms with E-state index >= 15 is 0 Å². The lowest BCUT2D eigenvalue weighted by molar-refractivity contribution is 0.187. The molecule has 2 N–H and O–H groups in total. The number of nitrogens with one attached hydrogen (secondary N) is 2. The van der Waals surface area contributed by atoms with Crippen LogP contribution in [0.15, 0.2) is 29.3 Å². The molecule has 4 nitrogen and oxygen atoms in total. The van der Waals surface area contributed by atoms with Crippen molar-refractivity contribution in [2.75, 3.05) is 26.7 Å². The maximum absolute atomic E-state index is 6.11. The Kier molecular flexibility index (Phi) is 6.24. The molecule has 0 radical (unpaired) electrons. The van der Waals surface area contributed by atoms with Gasteiger partial charge in [-0.15, -0.1) is 0 Å². The van der Waals surface area contributed by atoms with Gasteiger partial charge in [-0.1, -0.05) is 37.6 Å². The number of hydrogen-bond donors (Lipinski definition) is 2. The van der Waals surface area contributed by atoms with Gasteiger partial charge in [0.1, 0.15) is 0 Å². The molecule has 1 saturated heterocycles. The Morgan fingerprint density at radius 3 is 2.68 bits per heavy atom. The van der Waals surface area contributed by atoms with Crippen LogP contribution >= 0.6 is 11.6 Å². The molecule has 1 heterocycles. The highest BCUT2D eigenvalue weighted by atomic mass is 35.5. The van der Waals surface area contributed by atoms with Crippen LogP contribution in [0.5, 0.6) is 0 Å². The van der Waals surface area contributed by atoms with Crippen LogP contribution in [0.2, 0.25) is 5.02 Å². The normalized spacial score (nSPS) is 25.2. The molecule has 5 heteroatoms. The van der Waals surface area contributed by atoms with E-state index in [4.69, 9.17) is 11.6 Å². The van der Waals surface area contributed by atoms with E-state index in [1.807, 2.05) is 19.2 Å². The molecule has 2 aliphatic rings. The van der Waals surface area contributed by atoms with Crippen LogP contribution < -0.4 is 10.6 Å². The Hall–Kier alpha value is -1.26. The molecular formula is C20H31ClN4. The molecule has 0 amide bonds. The zero-order chi connectivity index (χ0) is 17.8. The van der Waals surface area contributed by atoms with Gasteiger partial charge in [0.2, 0.25) is 0 Å². The summed E-state index contributed by atoms with van der Waals surface area (Å²) in [6, 6.07) is 9.20. The Morgan fingerprint density at radius 1 is 1.28 bits per heavy atom. The monoisotopic (exact) mass is 362 g/mol. The summed E-state index contributed by atoms with van der Waals surface area (Å²) in [5, 5.41) is 8.02.